The van der Waals surface area contributed by atoms with Crippen LogP contribution in [0.2, 0.25) is 0 Å². The lowest BCUT2D eigenvalue weighted by Crippen LogP contribution is -2.27. The molecule has 0 N–H and O–H groups in total. The van der Waals surface area contributed by atoms with Crippen molar-refractivity contribution >= 4 is 51.9 Å². The molecular formula is C21H19NO5S2. The Labute approximate surface area is 178 Å². The number of amides is 1. The molecule has 8 heteroatoms. The maximum atomic E-state index is 13.0. The number of hydrogen-bond acceptors (Lipinski definition) is 7. The summed E-state index contributed by atoms with van der Waals surface area (Å²) in [5, 5.41) is 0. The maximum Gasteiger partial charge on any atom is 0.338 e. The van der Waals surface area contributed by atoms with Crippen LogP contribution in [0.1, 0.15) is 22.8 Å². The molecule has 0 saturated carbocycles. The molecule has 0 aromatic heterocycles. The summed E-state index contributed by atoms with van der Waals surface area (Å²) in [6.07, 6.45) is 1.72. The Kier molecular flexibility index (Phi) is 6.56. The number of hydrogen-bond donors (Lipinski definition) is 0. The summed E-state index contributed by atoms with van der Waals surface area (Å²) < 4.78 is 16.0. The molecule has 0 unspecified atom stereocenters. The van der Waals surface area contributed by atoms with E-state index in [-0.39, 0.29) is 12.5 Å². The Morgan fingerprint density at radius 1 is 1.17 bits per heavy atom. The molecule has 1 aliphatic rings. The van der Waals surface area contributed by atoms with E-state index in [4.69, 9.17) is 26.4 Å². The highest BCUT2D eigenvalue weighted by Gasteiger charge is 2.34. The van der Waals surface area contributed by atoms with Crippen molar-refractivity contribution in [3.8, 4) is 11.5 Å². The van der Waals surface area contributed by atoms with Gasteiger partial charge in [-0.1, -0.05) is 30.0 Å². The van der Waals surface area contributed by atoms with Gasteiger partial charge in [-0.3, -0.25) is 9.69 Å². The molecule has 2 aromatic rings. The number of esters is 1. The summed E-state index contributed by atoms with van der Waals surface area (Å²) in [5.74, 6) is 0.539. The zero-order chi connectivity index (χ0) is 21.0. The van der Waals surface area contributed by atoms with Crippen molar-refractivity contribution in [3.05, 3.63) is 58.5 Å². The maximum absolute atomic E-state index is 13.0. The first kappa shape index (κ1) is 20.9. The Bertz CT molecular complexity index is 1000. The largest absolute Gasteiger partial charge is 0.497 e. The summed E-state index contributed by atoms with van der Waals surface area (Å²) in [5.41, 5.74) is 1.57. The van der Waals surface area contributed by atoms with Gasteiger partial charge in [0.25, 0.3) is 5.91 Å². The first-order chi connectivity index (χ1) is 14.0. The van der Waals surface area contributed by atoms with E-state index in [0.29, 0.717) is 37.5 Å². The lowest BCUT2D eigenvalue weighted by molar-refractivity contribution is -0.113. The van der Waals surface area contributed by atoms with Gasteiger partial charge >= 0.3 is 5.97 Å². The highest BCUT2D eigenvalue weighted by Crippen LogP contribution is 2.38. The number of carbonyl (C=O) groups excluding carboxylic acids is 2. The van der Waals surface area contributed by atoms with Crippen molar-refractivity contribution in [3.63, 3.8) is 0 Å². The van der Waals surface area contributed by atoms with Crippen molar-refractivity contribution in [2.75, 3.05) is 25.7 Å². The van der Waals surface area contributed by atoms with Crippen LogP contribution in [0, 0.1) is 0 Å². The summed E-state index contributed by atoms with van der Waals surface area (Å²) in [6, 6.07) is 12.0. The smallest absolute Gasteiger partial charge is 0.338 e. The third-order valence-corrected chi connectivity index (χ3v) is 5.43. The fourth-order valence-electron chi connectivity index (χ4n) is 2.77. The molecule has 1 amide bonds. The number of rotatable bonds is 6. The monoisotopic (exact) mass is 429 g/mol. The average Bonchev–Trinajstić information content (AvgIpc) is 3.01. The highest BCUT2D eigenvalue weighted by atomic mass is 32.2. The van der Waals surface area contributed by atoms with Crippen LogP contribution in [0.4, 0.5) is 5.69 Å². The number of ether oxygens (including phenoxy) is 3. The molecule has 2 aromatic carbocycles. The number of thioether (sulfide) groups is 1. The van der Waals surface area contributed by atoms with E-state index in [0.717, 1.165) is 0 Å². The molecule has 3 rings (SSSR count). The Morgan fingerprint density at radius 3 is 2.66 bits per heavy atom. The van der Waals surface area contributed by atoms with E-state index in [1.165, 1.54) is 16.7 Å². The minimum atomic E-state index is -0.448. The van der Waals surface area contributed by atoms with Gasteiger partial charge in [0.05, 0.1) is 37.0 Å². The first-order valence-electron chi connectivity index (χ1n) is 8.75. The normalized spacial score (nSPS) is 15.0. The van der Waals surface area contributed by atoms with Crippen LogP contribution in [0.3, 0.4) is 0 Å². The minimum Gasteiger partial charge on any atom is -0.497 e. The van der Waals surface area contributed by atoms with Crippen LogP contribution in [0.15, 0.2) is 47.4 Å². The Morgan fingerprint density at radius 2 is 1.97 bits per heavy atom. The van der Waals surface area contributed by atoms with Crippen molar-refractivity contribution in [1.29, 1.82) is 0 Å². The minimum absolute atomic E-state index is 0.272. The number of benzene rings is 2. The quantitative estimate of drug-likeness (QED) is 0.386. The predicted octanol–water partition coefficient (Wildman–Crippen LogP) is 4.29. The van der Waals surface area contributed by atoms with Gasteiger partial charge < -0.3 is 14.2 Å². The standard InChI is InChI=1S/C21H19NO5S2/c1-4-27-20(24)13-6-5-7-15(10-13)22-19(23)18(29-21(22)28)12-14-11-16(25-2)8-9-17(14)26-3/h5-12H,4H2,1-3H3/b18-12-. The molecule has 1 saturated heterocycles. The van der Waals surface area contributed by atoms with Gasteiger partial charge in [-0.25, -0.2) is 4.79 Å². The highest BCUT2D eigenvalue weighted by molar-refractivity contribution is 8.27. The van der Waals surface area contributed by atoms with E-state index in [1.807, 2.05) is 0 Å². The zero-order valence-corrected chi connectivity index (χ0v) is 17.8. The van der Waals surface area contributed by atoms with Crippen LogP contribution < -0.4 is 14.4 Å². The summed E-state index contributed by atoms with van der Waals surface area (Å²) in [7, 11) is 3.13. The average molecular weight is 430 g/mol. The molecule has 0 bridgehead atoms. The lowest BCUT2D eigenvalue weighted by atomic mass is 10.1. The van der Waals surface area contributed by atoms with Gasteiger partial charge in [0.2, 0.25) is 0 Å². The second-order valence-corrected chi connectivity index (χ2v) is 7.57. The van der Waals surface area contributed by atoms with Crippen LogP contribution in [-0.2, 0) is 9.53 Å². The van der Waals surface area contributed by atoms with Crippen molar-refractivity contribution in [2.24, 2.45) is 0 Å². The number of carbonyl (C=O) groups is 2. The van der Waals surface area contributed by atoms with E-state index < -0.39 is 5.97 Å². The molecule has 1 heterocycles. The molecule has 1 aliphatic heterocycles. The molecule has 6 nitrogen and oxygen atoms in total. The van der Waals surface area contributed by atoms with Crippen molar-refractivity contribution in [2.45, 2.75) is 6.92 Å². The van der Waals surface area contributed by atoms with E-state index in [1.54, 1.807) is 69.7 Å². The third-order valence-electron chi connectivity index (χ3n) is 4.13. The number of nitrogens with zero attached hydrogens (tertiary/aromatic N) is 1. The fraction of sp³-hybridized carbons (Fsp3) is 0.190. The number of methoxy groups -OCH3 is 2. The van der Waals surface area contributed by atoms with Crippen molar-refractivity contribution < 1.29 is 23.8 Å². The predicted molar refractivity (Wildman–Crippen MR) is 118 cm³/mol. The van der Waals surface area contributed by atoms with E-state index in [2.05, 4.69) is 0 Å². The van der Waals surface area contributed by atoms with Gasteiger partial charge in [-0.05, 0) is 49.4 Å². The summed E-state index contributed by atoms with van der Waals surface area (Å²) in [4.78, 5) is 26.9. The Hall–Kier alpha value is -2.84. The topological polar surface area (TPSA) is 65.1 Å². The van der Waals surface area contributed by atoms with E-state index in [9.17, 15) is 9.59 Å². The molecule has 0 aliphatic carbocycles. The first-order valence-corrected chi connectivity index (χ1v) is 9.98. The van der Waals surface area contributed by atoms with Crippen LogP contribution in [0.5, 0.6) is 11.5 Å². The van der Waals surface area contributed by atoms with Gasteiger partial charge in [-0.15, -0.1) is 0 Å². The summed E-state index contributed by atoms with van der Waals surface area (Å²) in [6.45, 7) is 2.01. The fourth-order valence-corrected chi connectivity index (χ4v) is 4.06. The third kappa shape index (κ3) is 4.44. The lowest BCUT2D eigenvalue weighted by Gasteiger charge is -2.15. The van der Waals surface area contributed by atoms with Gasteiger partial charge in [0, 0.05) is 5.56 Å². The SMILES string of the molecule is CCOC(=O)c1cccc(N2C(=O)/C(=C/c3cc(OC)ccc3OC)SC2=S)c1. The zero-order valence-electron chi connectivity index (χ0n) is 16.1. The molecule has 0 radical (unpaired) electrons. The van der Waals surface area contributed by atoms with Crippen molar-refractivity contribution in [1.82, 2.24) is 0 Å². The molecule has 29 heavy (non-hydrogen) atoms. The van der Waals surface area contributed by atoms with E-state index >= 15 is 0 Å². The Balaban J connectivity index is 1.94. The number of thiocarbonyl (C=S) groups is 1. The van der Waals surface area contributed by atoms with Gasteiger partial charge in [0.1, 0.15) is 11.5 Å². The second-order valence-electron chi connectivity index (χ2n) is 5.90. The van der Waals surface area contributed by atoms with Crippen LogP contribution in [-0.4, -0.2) is 37.0 Å². The summed E-state index contributed by atoms with van der Waals surface area (Å²) >= 11 is 6.60. The molecule has 0 spiro atoms. The van der Waals surface area contributed by atoms with Gasteiger partial charge in [0.15, 0.2) is 4.32 Å². The second kappa shape index (κ2) is 9.11. The molecular weight excluding hydrogens is 410 g/mol. The van der Waals surface area contributed by atoms with Crippen LogP contribution in [0.25, 0.3) is 6.08 Å². The van der Waals surface area contributed by atoms with Gasteiger partial charge in [-0.2, -0.15) is 0 Å². The molecule has 0 atom stereocenters. The van der Waals surface area contributed by atoms with Crippen LogP contribution >= 0.6 is 24.0 Å². The number of anilines is 1. The molecule has 150 valence electrons. The molecule has 1 fully saturated rings.